The Hall–Kier alpha value is -2.01. The Balaban J connectivity index is 1.83. The van der Waals surface area contributed by atoms with Gasteiger partial charge in [-0.2, -0.15) is 0 Å². The highest BCUT2D eigenvalue weighted by Crippen LogP contribution is 2.17. The molecule has 0 aliphatic carbocycles. The second-order valence-corrected chi connectivity index (χ2v) is 4.10. The van der Waals surface area contributed by atoms with Gasteiger partial charge in [0.1, 0.15) is 0 Å². The van der Waals surface area contributed by atoms with Gasteiger partial charge in [-0.3, -0.25) is 4.98 Å². The number of aryl methyl sites for hydroxylation is 1. The molecule has 0 spiro atoms. The topological polar surface area (TPSA) is 61.0 Å². The number of halogens is 1. The third-order valence-electron chi connectivity index (χ3n) is 2.76. The van der Waals surface area contributed by atoms with Crippen molar-refractivity contribution in [3.63, 3.8) is 0 Å². The molecular formula is C14H16FN3O. The molecule has 0 saturated heterocycles. The van der Waals surface area contributed by atoms with Crippen LogP contribution in [-0.2, 0) is 13.0 Å². The molecule has 0 aliphatic heterocycles. The summed E-state index contributed by atoms with van der Waals surface area (Å²) in [5.41, 5.74) is 7.02. The molecule has 2 aromatic heterocycles. The fraction of sp³-hybridized carbons (Fsp3) is 0.286. The van der Waals surface area contributed by atoms with E-state index in [0.717, 1.165) is 12.8 Å². The summed E-state index contributed by atoms with van der Waals surface area (Å²) in [6.07, 6.45) is 6.66. The lowest BCUT2D eigenvalue weighted by atomic mass is 10.1. The number of nitrogens with zero attached hydrogens (tertiary/aromatic N) is 2. The lowest BCUT2D eigenvalue weighted by molar-refractivity contribution is 0.282. The first-order valence-electron chi connectivity index (χ1n) is 6.16. The minimum atomic E-state index is -0.464. The van der Waals surface area contributed by atoms with Crippen molar-refractivity contribution in [2.45, 2.75) is 19.4 Å². The van der Waals surface area contributed by atoms with Crippen LogP contribution in [0.15, 0.2) is 36.8 Å². The first-order valence-corrected chi connectivity index (χ1v) is 6.16. The maximum Gasteiger partial charge on any atom is 0.250 e. The largest absolute Gasteiger partial charge is 0.476 e. The van der Waals surface area contributed by atoms with Gasteiger partial charge in [0.05, 0.1) is 6.61 Å². The molecule has 0 saturated carbocycles. The van der Waals surface area contributed by atoms with Crippen LogP contribution in [-0.4, -0.2) is 16.6 Å². The van der Waals surface area contributed by atoms with Crippen LogP contribution in [0.5, 0.6) is 5.88 Å². The highest BCUT2D eigenvalue weighted by molar-refractivity contribution is 5.23. The fourth-order valence-corrected chi connectivity index (χ4v) is 1.71. The van der Waals surface area contributed by atoms with Crippen molar-refractivity contribution < 1.29 is 9.13 Å². The SMILES string of the molecule is NCc1ccnc(OCCCc2ccncc2)c1F. The van der Waals surface area contributed by atoms with Gasteiger partial charge in [0.25, 0.3) is 5.88 Å². The monoisotopic (exact) mass is 261 g/mol. The van der Waals surface area contributed by atoms with Crippen molar-refractivity contribution in [3.8, 4) is 5.88 Å². The Morgan fingerprint density at radius 3 is 2.68 bits per heavy atom. The zero-order chi connectivity index (χ0) is 13.5. The van der Waals surface area contributed by atoms with E-state index in [4.69, 9.17) is 10.5 Å². The average Bonchev–Trinajstić information content (AvgIpc) is 2.46. The smallest absolute Gasteiger partial charge is 0.250 e. The molecule has 0 radical (unpaired) electrons. The van der Waals surface area contributed by atoms with E-state index in [1.54, 1.807) is 18.5 Å². The zero-order valence-electron chi connectivity index (χ0n) is 10.6. The molecule has 0 fully saturated rings. The summed E-state index contributed by atoms with van der Waals surface area (Å²) in [7, 11) is 0. The van der Waals surface area contributed by atoms with Gasteiger partial charge in [-0.15, -0.1) is 0 Å². The molecule has 5 heteroatoms. The van der Waals surface area contributed by atoms with Crippen molar-refractivity contribution in [2.24, 2.45) is 5.73 Å². The molecule has 4 nitrogen and oxygen atoms in total. The molecule has 0 amide bonds. The van der Waals surface area contributed by atoms with Crippen molar-refractivity contribution in [1.82, 2.24) is 9.97 Å². The summed E-state index contributed by atoms with van der Waals surface area (Å²) in [5.74, 6) is -0.438. The number of nitrogens with two attached hydrogens (primary N) is 1. The van der Waals surface area contributed by atoms with Crippen LogP contribution >= 0.6 is 0 Å². The van der Waals surface area contributed by atoms with E-state index in [1.807, 2.05) is 12.1 Å². The predicted molar refractivity (Wildman–Crippen MR) is 70.1 cm³/mol. The van der Waals surface area contributed by atoms with Crippen LogP contribution < -0.4 is 10.5 Å². The quantitative estimate of drug-likeness (QED) is 0.809. The number of rotatable bonds is 6. The van der Waals surface area contributed by atoms with Gasteiger partial charge < -0.3 is 10.5 Å². The molecular weight excluding hydrogens is 245 g/mol. The normalized spacial score (nSPS) is 10.4. The highest BCUT2D eigenvalue weighted by Gasteiger charge is 2.09. The van der Waals surface area contributed by atoms with Gasteiger partial charge in [-0.05, 0) is 36.6 Å². The summed E-state index contributed by atoms with van der Waals surface area (Å²) in [5, 5.41) is 0. The molecule has 0 bridgehead atoms. The fourth-order valence-electron chi connectivity index (χ4n) is 1.71. The van der Waals surface area contributed by atoms with Gasteiger partial charge in [0.15, 0.2) is 5.82 Å². The molecule has 0 unspecified atom stereocenters. The van der Waals surface area contributed by atoms with Crippen molar-refractivity contribution in [2.75, 3.05) is 6.61 Å². The molecule has 2 N–H and O–H groups in total. The van der Waals surface area contributed by atoms with Gasteiger partial charge >= 0.3 is 0 Å². The predicted octanol–water partition coefficient (Wildman–Crippen LogP) is 2.09. The van der Waals surface area contributed by atoms with E-state index in [1.165, 1.54) is 11.8 Å². The average molecular weight is 261 g/mol. The molecule has 2 aromatic rings. The van der Waals surface area contributed by atoms with E-state index in [9.17, 15) is 4.39 Å². The molecule has 0 atom stereocenters. The summed E-state index contributed by atoms with van der Waals surface area (Å²) in [6.45, 7) is 0.558. The van der Waals surface area contributed by atoms with Crippen LogP contribution in [0, 0.1) is 5.82 Å². The zero-order valence-corrected chi connectivity index (χ0v) is 10.6. The van der Waals surface area contributed by atoms with E-state index in [0.29, 0.717) is 12.2 Å². The third-order valence-corrected chi connectivity index (χ3v) is 2.76. The number of aromatic nitrogens is 2. The summed E-state index contributed by atoms with van der Waals surface area (Å²) < 4.78 is 19.1. The van der Waals surface area contributed by atoms with Crippen molar-refractivity contribution >= 4 is 0 Å². The van der Waals surface area contributed by atoms with Gasteiger partial charge in [0, 0.05) is 30.7 Å². The summed E-state index contributed by atoms with van der Waals surface area (Å²) >= 11 is 0. The van der Waals surface area contributed by atoms with Gasteiger partial charge in [-0.25, -0.2) is 9.37 Å². The van der Waals surface area contributed by atoms with Gasteiger partial charge in [0.2, 0.25) is 0 Å². The van der Waals surface area contributed by atoms with Crippen molar-refractivity contribution in [3.05, 3.63) is 53.7 Å². The second-order valence-electron chi connectivity index (χ2n) is 4.10. The minimum absolute atomic E-state index is 0.0256. The Bertz CT molecular complexity index is 519. The van der Waals surface area contributed by atoms with E-state index >= 15 is 0 Å². The van der Waals surface area contributed by atoms with Crippen LogP contribution in [0.25, 0.3) is 0 Å². The first kappa shape index (κ1) is 13.4. The molecule has 100 valence electrons. The summed E-state index contributed by atoms with van der Waals surface area (Å²) in [6, 6.07) is 5.46. The minimum Gasteiger partial charge on any atom is -0.476 e. The van der Waals surface area contributed by atoms with Crippen LogP contribution in [0.1, 0.15) is 17.5 Å². The Morgan fingerprint density at radius 2 is 1.95 bits per heavy atom. The number of hydrogen-bond donors (Lipinski definition) is 1. The lowest BCUT2D eigenvalue weighted by Gasteiger charge is -2.08. The third kappa shape index (κ3) is 3.72. The molecule has 19 heavy (non-hydrogen) atoms. The van der Waals surface area contributed by atoms with Crippen LogP contribution in [0.4, 0.5) is 4.39 Å². The Labute approximate surface area is 111 Å². The molecule has 2 rings (SSSR count). The lowest BCUT2D eigenvalue weighted by Crippen LogP contribution is -2.06. The standard InChI is InChI=1S/C14H16FN3O/c15-13-12(10-16)5-8-18-14(13)19-9-1-2-11-3-6-17-7-4-11/h3-8H,1-2,9-10,16H2. The number of pyridine rings is 2. The van der Waals surface area contributed by atoms with Crippen LogP contribution in [0.2, 0.25) is 0 Å². The van der Waals surface area contributed by atoms with E-state index in [2.05, 4.69) is 9.97 Å². The highest BCUT2D eigenvalue weighted by atomic mass is 19.1. The number of hydrogen-bond acceptors (Lipinski definition) is 4. The van der Waals surface area contributed by atoms with Crippen LogP contribution in [0.3, 0.4) is 0 Å². The first-order chi connectivity index (χ1) is 9.31. The van der Waals surface area contributed by atoms with E-state index in [-0.39, 0.29) is 12.4 Å². The summed E-state index contributed by atoms with van der Waals surface area (Å²) in [4.78, 5) is 7.82. The second kappa shape index (κ2) is 6.80. The Morgan fingerprint density at radius 1 is 1.16 bits per heavy atom. The van der Waals surface area contributed by atoms with E-state index < -0.39 is 5.82 Å². The maximum absolute atomic E-state index is 13.7. The molecule has 0 aromatic carbocycles. The molecule has 2 heterocycles. The molecule has 0 aliphatic rings. The maximum atomic E-state index is 13.7. The Kier molecular flexibility index (Phi) is 4.80. The van der Waals surface area contributed by atoms with Gasteiger partial charge in [-0.1, -0.05) is 0 Å². The van der Waals surface area contributed by atoms with Crippen molar-refractivity contribution in [1.29, 1.82) is 0 Å². The number of ether oxygens (including phenoxy) is 1.